The summed E-state index contributed by atoms with van der Waals surface area (Å²) < 4.78 is 0. The van der Waals surface area contributed by atoms with Gasteiger partial charge in [-0.25, -0.2) is 0 Å². The number of nitrogens with one attached hydrogen (secondary N) is 1. The maximum absolute atomic E-state index is 10.9. The van der Waals surface area contributed by atoms with Crippen LogP contribution in [0.5, 0.6) is 0 Å². The number of benzene rings is 2. The molecular weight excluding hydrogens is 260 g/mol. The monoisotopic (exact) mass is 272 g/mol. The molecule has 0 aliphatic carbocycles. The van der Waals surface area contributed by atoms with Crippen molar-refractivity contribution in [2.45, 2.75) is 0 Å². The predicted molar refractivity (Wildman–Crippen MR) is 75.8 cm³/mol. The number of carbonyl (C=O) groups excluding carboxylic acids is 1. The van der Waals surface area contributed by atoms with E-state index in [1.165, 1.54) is 12.1 Å². The molecule has 0 aliphatic heterocycles. The molecular formula is C13H12N4O3. The quantitative estimate of drug-likeness (QED) is 0.446. The van der Waals surface area contributed by atoms with Gasteiger partial charge in [0.05, 0.1) is 4.92 Å². The number of primary amides is 1. The number of nitrogens with zero attached hydrogens (tertiary/aromatic N) is 1. The lowest BCUT2D eigenvalue weighted by Gasteiger charge is -2.07. The maximum Gasteiger partial charge on any atom is 0.292 e. The largest absolute Gasteiger partial charge is 0.393 e. The lowest BCUT2D eigenvalue weighted by Crippen LogP contribution is -2.10. The SMILES string of the molecule is NC(=O)c1ccc(Nc2ccc([N+](=O)[O-])c(N)c2)cc1. The van der Waals surface area contributed by atoms with Crippen LogP contribution in [0.4, 0.5) is 22.7 Å². The van der Waals surface area contributed by atoms with Gasteiger partial charge in [-0.3, -0.25) is 14.9 Å². The zero-order valence-corrected chi connectivity index (χ0v) is 10.4. The average Bonchev–Trinajstić information content (AvgIpc) is 2.39. The van der Waals surface area contributed by atoms with Crippen molar-refractivity contribution in [3.63, 3.8) is 0 Å². The minimum absolute atomic E-state index is 0.0776. The molecule has 20 heavy (non-hydrogen) atoms. The second kappa shape index (κ2) is 5.27. The van der Waals surface area contributed by atoms with E-state index in [9.17, 15) is 14.9 Å². The fourth-order valence-electron chi connectivity index (χ4n) is 1.68. The van der Waals surface area contributed by atoms with E-state index in [2.05, 4.69) is 5.32 Å². The number of hydrogen-bond acceptors (Lipinski definition) is 5. The van der Waals surface area contributed by atoms with E-state index in [-0.39, 0.29) is 11.4 Å². The molecule has 0 saturated heterocycles. The first-order valence-corrected chi connectivity index (χ1v) is 5.68. The summed E-state index contributed by atoms with van der Waals surface area (Å²) in [6, 6.07) is 10.9. The van der Waals surface area contributed by atoms with Gasteiger partial charge in [-0.1, -0.05) is 0 Å². The fourth-order valence-corrected chi connectivity index (χ4v) is 1.68. The summed E-state index contributed by atoms with van der Waals surface area (Å²) in [7, 11) is 0. The number of rotatable bonds is 4. The molecule has 102 valence electrons. The topological polar surface area (TPSA) is 124 Å². The van der Waals surface area contributed by atoms with Gasteiger partial charge in [-0.05, 0) is 36.4 Å². The van der Waals surface area contributed by atoms with Gasteiger partial charge in [-0.2, -0.15) is 0 Å². The summed E-state index contributed by atoms with van der Waals surface area (Å²) in [5, 5.41) is 13.7. The Morgan fingerprint density at radius 1 is 1.10 bits per heavy atom. The van der Waals surface area contributed by atoms with Crippen LogP contribution in [0, 0.1) is 10.1 Å². The third kappa shape index (κ3) is 2.83. The van der Waals surface area contributed by atoms with Gasteiger partial charge in [-0.15, -0.1) is 0 Å². The molecule has 0 radical (unpaired) electrons. The molecule has 0 aromatic heterocycles. The van der Waals surface area contributed by atoms with E-state index in [1.54, 1.807) is 30.3 Å². The van der Waals surface area contributed by atoms with Gasteiger partial charge in [0.25, 0.3) is 5.69 Å². The highest BCUT2D eigenvalue weighted by molar-refractivity contribution is 5.93. The third-order valence-electron chi connectivity index (χ3n) is 2.68. The molecule has 0 spiro atoms. The fraction of sp³-hybridized carbons (Fsp3) is 0. The van der Waals surface area contributed by atoms with Crippen LogP contribution in [0.3, 0.4) is 0 Å². The molecule has 7 heteroatoms. The highest BCUT2D eigenvalue weighted by Crippen LogP contribution is 2.26. The van der Waals surface area contributed by atoms with Crippen LogP contribution in [0.15, 0.2) is 42.5 Å². The average molecular weight is 272 g/mol. The van der Waals surface area contributed by atoms with E-state index >= 15 is 0 Å². The predicted octanol–water partition coefficient (Wildman–Crippen LogP) is 2.02. The minimum atomic E-state index is -0.541. The first-order valence-electron chi connectivity index (χ1n) is 5.68. The van der Waals surface area contributed by atoms with Crippen LogP contribution in [0.1, 0.15) is 10.4 Å². The minimum Gasteiger partial charge on any atom is -0.393 e. The van der Waals surface area contributed by atoms with Gasteiger partial charge in [0.15, 0.2) is 0 Å². The third-order valence-corrected chi connectivity index (χ3v) is 2.68. The van der Waals surface area contributed by atoms with Crippen LogP contribution in [-0.2, 0) is 0 Å². The number of nitro groups is 1. The van der Waals surface area contributed by atoms with Crippen molar-refractivity contribution in [2.24, 2.45) is 5.73 Å². The molecule has 1 amide bonds. The second-order valence-electron chi connectivity index (χ2n) is 4.10. The summed E-state index contributed by atoms with van der Waals surface area (Å²) in [6.07, 6.45) is 0. The Hall–Kier alpha value is -3.09. The molecule has 0 fully saturated rings. The highest BCUT2D eigenvalue weighted by atomic mass is 16.6. The van der Waals surface area contributed by atoms with Crippen LogP contribution >= 0.6 is 0 Å². The normalized spacial score (nSPS) is 10.0. The molecule has 0 bridgehead atoms. The molecule has 2 aromatic carbocycles. The molecule has 0 saturated carbocycles. The maximum atomic E-state index is 10.9. The Balaban J connectivity index is 2.19. The lowest BCUT2D eigenvalue weighted by molar-refractivity contribution is -0.383. The number of nitrogen functional groups attached to an aromatic ring is 1. The zero-order chi connectivity index (χ0) is 14.7. The van der Waals surface area contributed by atoms with Gasteiger partial charge >= 0.3 is 0 Å². The van der Waals surface area contributed by atoms with Crippen LogP contribution in [0.2, 0.25) is 0 Å². The summed E-state index contributed by atoms with van der Waals surface area (Å²) in [4.78, 5) is 21.1. The van der Waals surface area contributed by atoms with Crippen molar-refractivity contribution in [3.05, 3.63) is 58.1 Å². The van der Waals surface area contributed by atoms with Gasteiger partial charge < -0.3 is 16.8 Å². The number of hydrogen-bond donors (Lipinski definition) is 3. The Bertz CT molecular complexity index is 668. The van der Waals surface area contributed by atoms with Gasteiger partial charge in [0.1, 0.15) is 5.69 Å². The molecule has 2 aromatic rings. The van der Waals surface area contributed by atoms with Crippen LogP contribution in [0.25, 0.3) is 0 Å². The summed E-state index contributed by atoms with van der Waals surface area (Å²) in [5.74, 6) is -0.504. The molecule has 7 nitrogen and oxygen atoms in total. The van der Waals surface area contributed by atoms with Crippen molar-refractivity contribution < 1.29 is 9.72 Å². The van der Waals surface area contributed by atoms with Crippen molar-refractivity contribution >= 4 is 28.7 Å². The van der Waals surface area contributed by atoms with Crippen molar-refractivity contribution in [2.75, 3.05) is 11.1 Å². The van der Waals surface area contributed by atoms with E-state index < -0.39 is 10.8 Å². The molecule has 2 rings (SSSR count). The summed E-state index contributed by atoms with van der Waals surface area (Å²) in [5.41, 5.74) is 12.4. The Morgan fingerprint density at radius 2 is 1.70 bits per heavy atom. The molecule has 5 N–H and O–H groups in total. The number of nitrogens with two attached hydrogens (primary N) is 2. The standard InChI is InChI=1S/C13H12N4O3/c14-11-7-10(5-6-12(11)17(19)20)16-9-3-1-8(2-4-9)13(15)18/h1-7,16H,14H2,(H2,15,18). The van der Waals surface area contributed by atoms with E-state index in [1.807, 2.05) is 0 Å². The van der Waals surface area contributed by atoms with Crippen molar-refractivity contribution in [1.82, 2.24) is 0 Å². The first kappa shape index (κ1) is 13.3. The number of amides is 1. The molecule has 0 unspecified atom stereocenters. The lowest BCUT2D eigenvalue weighted by atomic mass is 10.2. The van der Waals surface area contributed by atoms with E-state index in [4.69, 9.17) is 11.5 Å². The van der Waals surface area contributed by atoms with Crippen molar-refractivity contribution in [3.8, 4) is 0 Å². The molecule has 0 aliphatic rings. The number of carbonyl (C=O) groups is 1. The van der Waals surface area contributed by atoms with E-state index in [0.717, 1.165) is 0 Å². The Morgan fingerprint density at radius 3 is 2.20 bits per heavy atom. The number of anilines is 3. The van der Waals surface area contributed by atoms with Gasteiger partial charge in [0, 0.05) is 23.0 Å². The Kier molecular flexibility index (Phi) is 3.52. The molecule has 0 atom stereocenters. The first-order chi connectivity index (χ1) is 9.47. The summed E-state index contributed by atoms with van der Waals surface area (Å²) >= 11 is 0. The zero-order valence-electron chi connectivity index (χ0n) is 10.4. The number of nitro benzene ring substituents is 1. The van der Waals surface area contributed by atoms with Crippen molar-refractivity contribution in [1.29, 1.82) is 0 Å². The second-order valence-corrected chi connectivity index (χ2v) is 4.10. The van der Waals surface area contributed by atoms with Crippen LogP contribution < -0.4 is 16.8 Å². The Labute approximate surface area is 114 Å². The molecule has 0 heterocycles. The van der Waals surface area contributed by atoms with E-state index in [0.29, 0.717) is 16.9 Å². The summed E-state index contributed by atoms with van der Waals surface area (Å²) in [6.45, 7) is 0. The van der Waals surface area contributed by atoms with Gasteiger partial charge in [0.2, 0.25) is 5.91 Å². The highest BCUT2D eigenvalue weighted by Gasteiger charge is 2.11. The van der Waals surface area contributed by atoms with Crippen LogP contribution in [-0.4, -0.2) is 10.8 Å². The smallest absolute Gasteiger partial charge is 0.292 e.